The van der Waals surface area contributed by atoms with Gasteiger partial charge in [0.2, 0.25) is 0 Å². The van der Waals surface area contributed by atoms with E-state index in [0.717, 1.165) is 0 Å². The highest BCUT2D eigenvalue weighted by Crippen LogP contribution is 2.28. The second-order valence-corrected chi connectivity index (χ2v) is 4.57. The van der Waals surface area contributed by atoms with Gasteiger partial charge in [-0.2, -0.15) is 0 Å². The normalized spacial score (nSPS) is 12.3. The lowest BCUT2D eigenvalue weighted by Crippen LogP contribution is -2.08. The maximum atomic E-state index is 9.86. The van der Waals surface area contributed by atoms with E-state index in [-0.39, 0.29) is 11.5 Å². The van der Waals surface area contributed by atoms with Crippen LogP contribution in [0.2, 0.25) is 0 Å². The number of hydrogen-bond acceptors (Lipinski definition) is 6. The molecule has 0 saturated heterocycles. The van der Waals surface area contributed by atoms with Crippen LogP contribution in [-0.2, 0) is 0 Å². The van der Waals surface area contributed by atoms with E-state index < -0.39 is 6.17 Å². The lowest BCUT2D eigenvalue weighted by atomic mass is 10.1. The number of benzene rings is 2. The number of methoxy groups -OCH3 is 2. The molecule has 0 aliphatic carbocycles. The molecule has 0 saturated carbocycles. The van der Waals surface area contributed by atoms with Crippen LogP contribution in [0.4, 0.5) is 0 Å². The van der Waals surface area contributed by atoms with Crippen LogP contribution < -0.4 is 15.2 Å². The minimum absolute atomic E-state index is 0.0281. The minimum atomic E-state index is -0.791. The standard InChI is InChI=1S/C16H18N2O4/c1-21-11-3-5-14(19)10(7-11)9-18-16(17)13-8-12(22-2)4-6-15(13)20/h3-9,16,19-20H,17H2,1-2H3. The van der Waals surface area contributed by atoms with E-state index in [1.807, 2.05) is 0 Å². The fourth-order valence-electron chi connectivity index (χ4n) is 1.90. The first-order chi connectivity index (χ1) is 10.5. The molecule has 1 atom stereocenters. The summed E-state index contributed by atoms with van der Waals surface area (Å²) in [4.78, 5) is 4.16. The summed E-state index contributed by atoms with van der Waals surface area (Å²) in [7, 11) is 3.06. The molecule has 0 heterocycles. The zero-order chi connectivity index (χ0) is 16.1. The molecule has 2 aromatic carbocycles. The van der Waals surface area contributed by atoms with Gasteiger partial charge in [0.15, 0.2) is 0 Å². The molecule has 0 fully saturated rings. The van der Waals surface area contributed by atoms with Crippen molar-refractivity contribution in [2.45, 2.75) is 6.17 Å². The summed E-state index contributed by atoms with van der Waals surface area (Å²) >= 11 is 0. The van der Waals surface area contributed by atoms with Crippen LogP contribution in [0.1, 0.15) is 17.3 Å². The maximum absolute atomic E-state index is 9.86. The summed E-state index contributed by atoms with van der Waals surface area (Å²) in [6.45, 7) is 0. The van der Waals surface area contributed by atoms with Gasteiger partial charge < -0.3 is 25.4 Å². The molecule has 6 nitrogen and oxygen atoms in total. The number of phenolic OH excluding ortho intramolecular Hbond substituents is 2. The van der Waals surface area contributed by atoms with Crippen LogP contribution >= 0.6 is 0 Å². The van der Waals surface area contributed by atoms with Crippen molar-refractivity contribution in [2.24, 2.45) is 10.7 Å². The second-order valence-electron chi connectivity index (χ2n) is 4.57. The predicted octanol–water partition coefficient (Wildman–Crippen LogP) is 2.19. The Hall–Kier alpha value is -2.73. The maximum Gasteiger partial charge on any atom is 0.126 e. The van der Waals surface area contributed by atoms with Crippen molar-refractivity contribution < 1.29 is 19.7 Å². The summed E-state index contributed by atoms with van der Waals surface area (Å²) < 4.78 is 10.2. The molecule has 22 heavy (non-hydrogen) atoms. The molecule has 1 unspecified atom stereocenters. The van der Waals surface area contributed by atoms with Gasteiger partial charge in [0.05, 0.1) is 14.2 Å². The Morgan fingerprint density at radius 1 is 1.00 bits per heavy atom. The Bertz CT molecular complexity index is 686. The first-order valence-corrected chi connectivity index (χ1v) is 6.58. The van der Waals surface area contributed by atoms with Crippen molar-refractivity contribution >= 4 is 6.21 Å². The van der Waals surface area contributed by atoms with Gasteiger partial charge >= 0.3 is 0 Å². The molecule has 2 rings (SSSR count). The fraction of sp³-hybridized carbons (Fsp3) is 0.188. The molecule has 0 aliphatic rings. The fourth-order valence-corrected chi connectivity index (χ4v) is 1.90. The topological polar surface area (TPSA) is 97.3 Å². The summed E-state index contributed by atoms with van der Waals surface area (Å²) in [6, 6.07) is 9.52. The van der Waals surface area contributed by atoms with E-state index in [1.165, 1.54) is 32.6 Å². The molecule has 6 heteroatoms. The Kier molecular flexibility index (Phi) is 4.85. The Balaban J connectivity index is 2.26. The molecule has 0 radical (unpaired) electrons. The van der Waals surface area contributed by atoms with Crippen molar-refractivity contribution in [3.8, 4) is 23.0 Å². The minimum Gasteiger partial charge on any atom is -0.508 e. The third-order valence-corrected chi connectivity index (χ3v) is 3.16. The number of aromatic hydroxyl groups is 2. The second kappa shape index (κ2) is 6.82. The number of nitrogens with two attached hydrogens (primary N) is 1. The largest absolute Gasteiger partial charge is 0.508 e. The van der Waals surface area contributed by atoms with Gasteiger partial charge in [0.25, 0.3) is 0 Å². The monoisotopic (exact) mass is 302 g/mol. The molecule has 0 amide bonds. The predicted molar refractivity (Wildman–Crippen MR) is 83.8 cm³/mol. The molecule has 4 N–H and O–H groups in total. The molecule has 0 aromatic heterocycles. The quantitative estimate of drug-likeness (QED) is 0.736. The lowest BCUT2D eigenvalue weighted by molar-refractivity contribution is 0.409. The Morgan fingerprint density at radius 3 is 2.23 bits per heavy atom. The molecular formula is C16H18N2O4. The Labute approximate surface area is 128 Å². The third-order valence-electron chi connectivity index (χ3n) is 3.16. The van der Waals surface area contributed by atoms with Crippen molar-refractivity contribution in [3.63, 3.8) is 0 Å². The molecule has 0 aliphatic heterocycles. The first-order valence-electron chi connectivity index (χ1n) is 6.58. The highest BCUT2D eigenvalue weighted by molar-refractivity contribution is 5.84. The van der Waals surface area contributed by atoms with Gasteiger partial charge in [-0.15, -0.1) is 0 Å². The number of rotatable bonds is 5. The van der Waals surface area contributed by atoms with Crippen LogP contribution in [0.3, 0.4) is 0 Å². The smallest absolute Gasteiger partial charge is 0.126 e. The molecule has 116 valence electrons. The van der Waals surface area contributed by atoms with Crippen molar-refractivity contribution in [2.75, 3.05) is 14.2 Å². The first kappa shape index (κ1) is 15.7. The van der Waals surface area contributed by atoms with Crippen molar-refractivity contribution in [3.05, 3.63) is 47.5 Å². The molecule has 0 bridgehead atoms. The van der Waals surface area contributed by atoms with Gasteiger partial charge in [-0.05, 0) is 36.4 Å². The summed E-state index contributed by atoms with van der Waals surface area (Å²) in [5, 5.41) is 19.6. The number of nitrogens with zero attached hydrogens (tertiary/aromatic N) is 1. The van der Waals surface area contributed by atoms with Crippen LogP contribution in [-0.4, -0.2) is 30.6 Å². The van der Waals surface area contributed by atoms with Crippen LogP contribution in [0, 0.1) is 0 Å². The molecule has 2 aromatic rings. The van der Waals surface area contributed by atoms with E-state index in [1.54, 1.807) is 24.3 Å². The number of hydrogen-bond donors (Lipinski definition) is 3. The van der Waals surface area contributed by atoms with Gasteiger partial charge in [-0.3, -0.25) is 4.99 Å². The number of ether oxygens (including phenoxy) is 2. The summed E-state index contributed by atoms with van der Waals surface area (Å²) in [6.07, 6.45) is 0.641. The number of aliphatic imine (C=N–C) groups is 1. The summed E-state index contributed by atoms with van der Waals surface area (Å²) in [5.41, 5.74) is 6.86. The van der Waals surface area contributed by atoms with E-state index in [4.69, 9.17) is 15.2 Å². The van der Waals surface area contributed by atoms with E-state index >= 15 is 0 Å². The third kappa shape index (κ3) is 3.48. The van der Waals surface area contributed by atoms with Gasteiger partial charge in [-0.1, -0.05) is 0 Å². The highest BCUT2D eigenvalue weighted by Gasteiger charge is 2.11. The van der Waals surface area contributed by atoms with E-state index in [9.17, 15) is 10.2 Å². The lowest BCUT2D eigenvalue weighted by Gasteiger charge is -2.11. The van der Waals surface area contributed by atoms with E-state index in [2.05, 4.69) is 4.99 Å². The van der Waals surface area contributed by atoms with Gasteiger partial charge in [0, 0.05) is 17.3 Å². The zero-order valence-corrected chi connectivity index (χ0v) is 12.4. The van der Waals surface area contributed by atoms with Crippen molar-refractivity contribution in [1.29, 1.82) is 0 Å². The van der Waals surface area contributed by atoms with E-state index in [0.29, 0.717) is 22.6 Å². The average molecular weight is 302 g/mol. The average Bonchev–Trinajstić information content (AvgIpc) is 2.54. The summed E-state index contributed by atoms with van der Waals surface area (Å²) in [5.74, 6) is 1.26. The van der Waals surface area contributed by atoms with Crippen LogP contribution in [0.25, 0.3) is 0 Å². The van der Waals surface area contributed by atoms with Gasteiger partial charge in [0.1, 0.15) is 29.2 Å². The molecular weight excluding hydrogens is 284 g/mol. The molecule has 0 spiro atoms. The zero-order valence-electron chi connectivity index (χ0n) is 12.4. The highest BCUT2D eigenvalue weighted by atomic mass is 16.5. The van der Waals surface area contributed by atoms with Crippen molar-refractivity contribution in [1.82, 2.24) is 0 Å². The SMILES string of the molecule is COc1ccc(O)c(C=NC(N)c2cc(OC)ccc2O)c1. The Morgan fingerprint density at radius 2 is 1.59 bits per heavy atom. The number of phenols is 2. The van der Waals surface area contributed by atoms with Crippen LogP contribution in [0.15, 0.2) is 41.4 Å². The van der Waals surface area contributed by atoms with Crippen LogP contribution in [0.5, 0.6) is 23.0 Å². The van der Waals surface area contributed by atoms with Gasteiger partial charge in [-0.25, -0.2) is 0 Å².